The van der Waals surface area contributed by atoms with E-state index in [-0.39, 0.29) is 19.1 Å². The van der Waals surface area contributed by atoms with Gasteiger partial charge < -0.3 is 19.9 Å². The molecule has 0 saturated heterocycles. The number of carboxylic acids is 1. The Bertz CT molecular complexity index is 259. The Kier molecular flexibility index (Phi) is 6.57. The molecule has 6 heteroatoms. The second kappa shape index (κ2) is 7.11. The van der Waals surface area contributed by atoms with Gasteiger partial charge in [0.15, 0.2) is 0 Å². The third kappa shape index (κ3) is 9.62. The molecule has 0 fully saturated rings. The van der Waals surface area contributed by atoms with E-state index in [0.29, 0.717) is 6.42 Å². The molecule has 0 spiro atoms. The van der Waals surface area contributed by atoms with Gasteiger partial charge in [0.2, 0.25) is 0 Å². The van der Waals surface area contributed by atoms with E-state index in [2.05, 4.69) is 5.32 Å². The molecule has 0 aliphatic rings. The lowest BCUT2D eigenvalue weighted by Gasteiger charge is -2.21. The van der Waals surface area contributed by atoms with E-state index in [4.69, 9.17) is 14.6 Å². The number of hydrogen-bond donors (Lipinski definition) is 2. The van der Waals surface area contributed by atoms with Gasteiger partial charge in [-0.05, 0) is 27.2 Å². The molecule has 1 atom stereocenters. The van der Waals surface area contributed by atoms with Crippen LogP contribution in [-0.4, -0.2) is 42.5 Å². The molecule has 2 N–H and O–H groups in total. The van der Waals surface area contributed by atoms with Crippen molar-refractivity contribution in [2.24, 2.45) is 0 Å². The quantitative estimate of drug-likeness (QED) is 0.741. The van der Waals surface area contributed by atoms with Crippen LogP contribution in [0.2, 0.25) is 0 Å². The summed E-state index contributed by atoms with van der Waals surface area (Å²) in [5.41, 5.74) is -0.548. The lowest BCUT2D eigenvalue weighted by Crippen LogP contribution is -2.37. The Balaban J connectivity index is 3.90. The van der Waals surface area contributed by atoms with Gasteiger partial charge >= 0.3 is 12.1 Å². The zero-order valence-electron chi connectivity index (χ0n) is 10.8. The van der Waals surface area contributed by atoms with Crippen LogP contribution in [0.4, 0.5) is 4.79 Å². The van der Waals surface area contributed by atoms with Gasteiger partial charge in [-0.1, -0.05) is 0 Å². The molecule has 0 aromatic rings. The summed E-state index contributed by atoms with van der Waals surface area (Å²) in [5.74, 6) is -0.885. The summed E-state index contributed by atoms with van der Waals surface area (Å²) >= 11 is 0. The summed E-state index contributed by atoms with van der Waals surface area (Å²) in [4.78, 5) is 21.7. The van der Waals surface area contributed by atoms with Crippen LogP contribution >= 0.6 is 0 Å². The molecule has 0 aromatic heterocycles. The van der Waals surface area contributed by atoms with Crippen LogP contribution in [0.1, 0.15) is 33.6 Å². The Morgan fingerprint density at radius 3 is 2.35 bits per heavy atom. The van der Waals surface area contributed by atoms with Crippen molar-refractivity contribution in [3.8, 4) is 0 Å². The van der Waals surface area contributed by atoms with Crippen LogP contribution in [0.25, 0.3) is 0 Å². The van der Waals surface area contributed by atoms with Crippen LogP contribution < -0.4 is 5.32 Å². The van der Waals surface area contributed by atoms with Crippen LogP contribution in [0.5, 0.6) is 0 Å². The molecule has 100 valence electrons. The molecule has 0 saturated carbocycles. The number of carbonyl (C=O) groups excluding carboxylic acids is 1. The van der Waals surface area contributed by atoms with Crippen LogP contribution in [0, 0.1) is 0 Å². The fraction of sp³-hybridized carbons (Fsp3) is 0.818. The highest BCUT2D eigenvalue weighted by Crippen LogP contribution is 2.07. The van der Waals surface area contributed by atoms with Crippen molar-refractivity contribution < 1.29 is 24.2 Å². The Morgan fingerprint density at radius 2 is 1.94 bits per heavy atom. The molecule has 0 aliphatic heterocycles. The minimum atomic E-state index is -0.885. The Labute approximate surface area is 101 Å². The molecule has 0 heterocycles. The van der Waals surface area contributed by atoms with Gasteiger partial charge in [0, 0.05) is 20.1 Å². The summed E-state index contributed by atoms with van der Waals surface area (Å²) in [6, 6.07) is 0. The lowest BCUT2D eigenvalue weighted by atomic mass is 10.2. The zero-order chi connectivity index (χ0) is 13.5. The summed E-state index contributed by atoms with van der Waals surface area (Å²) in [7, 11) is 1.48. The van der Waals surface area contributed by atoms with Crippen LogP contribution in [0.3, 0.4) is 0 Å². The van der Waals surface area contributed by atoms with Crippen LogP contribution in [0.15, 0.2) is 0 Å². The molecule has 0 aromatic carbocycles. The first-order valence-electron chi connectivity index (χ1n) is 5.46. The van der Waals surface area contributed by atoms with E-state index in [1.54, 1.807) is 20.8 Å². The first-order valence-corrected chi connectivity index (χ1v) is 5.46. The SMILES string of the molecule is CO[C@@H](CCC(=O)O)CNC(=O)OC(C)(C)C. The van der Waals surface area contributed by atoms with Gasteiger partial charge in [-0.25, -0.2) is 4.79 Å². The van der Waals surface area contributed by atoms with Crippen LogP contribution in [-0.2, 0) is 14.3 Å². The highest BCUT2D eigenvalue weighted by atomic mass is 16.6. The van der Waals surface area contributed by atoms with Gasteiger partial charge in [-0.2, -0.15) is 0 Å². The predicted octanol–water partition coefficient (Wildman–Crippen LogP) is 1.39. The first kappa shape index (κ1) is 15.7. The predicted molar refractivity (Wildman–Crippen MR) is 61.9 cm³/mol. The molecule has 17 heavy (non-hydrogen) atoms. The maximum Gasteiger partial charge on any atom is 0.407 e. The van der Waals surface area contributed by atoms with Crippen molar-refractivity contribution in [3.05, 3.63) is 0 Å². The van der Waals surface area contributed by atoms with Crippen molar-refractivity contribution >= 4 is 12.1 Å². The number of carboxylic acid groups (broad SMARTS) is 1. The number of carbonyl (C=O) groups is 2. The summed E-state index contributed by atoms with van der Waals surface area (Å²) in [5, 5.41) is 11.1. The maximum absolute atomic E-state index is 11.3. The van der Waals surface area contributed by atoms with E-state index < -0.39 is 17.7 Å². The minimum absolute atomic E-state index is 0.00844. The summed E-state index contributed by atoms with van der Waals surface area (Å²) < 4.78 is 10.1. The van der Waals surface area contributed by atoms with Crippen molar-refractivity contribution in [1.82, 2.24) is 5.32 Å². The number of nitrogens with one attached hydrogen (secondary N) is 1. The normalized spacial score (nSPS) is 12.9. The standard InChI is InChI=1S/C11H21NO5/c1-11(2,3)17-10(15)12-7-8(16-4)5-6-9(13)14/h8H,5-7H2,1-4H3,(H,12,15)(H,13,14)/t8-/m0/s1. The number of ether oxygens (including phenoxy) is 2. The fourth-order valence-corrected chi connectivity index (χ4v) is 1.10. The van der Waals surface area contributed by atoms with E-state index in [0.717, 1.165) is 0 Å². The van der Waals surface area contributed by atoms with Gasteiger partial charge in [0.05, 0.1) is 6.10 Å². The second-order valence-corrected chi connectivity index (χ2v) is 4.67. The van der Waals surface area contributed by atoms with Gasteiger partial charge in [0.25, 0.3) is 0 Å². The van der Waals surface area contributed by atoms with Gasteiger partial charge in [-0.15, -0.1) is 0 Å². The molecule has 0 radical (unpaired) electrons. The second-order valence-electron chi connectivity index (χ2n) is 4.67. The highest BCUT2D eigenvalue weighted by molar-refractivity contribution is 5.68. The van der Waals surface area contributed by atoms with Crippen molar-refractivity contribution in [3.63, 3.8) is 0 Å². The number of aliphatic carboxylic acids is 1. The largest absolute Gasteiger partial charge is 0.481 e. The third-order valence-electron chi connectivity index (χ3n) is 1.89. The van der Waals surface area contributed by atoms with E-state index in [9.17, 15) is 9.59 Å². The Morgan fingerprint density at radius 1 is 1.35 bits per heavy atom. The van der Waals surface area contributed by atoms with E-state index in [1.165, 1.54) is 7.11 Å². The summed E-state index contributed by atoms with van der Waals surface area (Å²) in [6.45, 7) is 5.54. The highest BCUT2D eigenvalue weighted by Gasteiger charge is 2.17. The Hall–Kier alpha value is -1.30. The summed E-state index contributed by atoms with van der Waals surface area (Å²) in [6.07, 6.45) is -0.496. The number of amides is 1. The van der Waals surface area contributed by atoms with E-state index in [1.807, 2.05) is 0 Å². The fourth-order valence-electron chi connectivity index (χ4n) is 1.10. The maximum atomic E-state index is 11.3. The molecule has 0 unspecified atom stereocenters. The number of methoxy groups -OCH3 is 1. The van der Waals surface area contributed by atoms with Crippen molar-refractivity contribution in [1.29, 1.82) is 0 Å². The number of rotatable bonds is 6. The lowest BCUT2D eigenvalue weighted by molar-refractivity contribution is -0.137. The third-order valence-corrected chi connectivity index (χ3v) is 1.89. The average Bonchev–Trinajstić information content (AvgIpc) is 2.14. The molecule has 1 amide bonds. The van der Waals surface area contributed by atoms with Crippen molar-refractivity contribution in [2.45, 2.75) is 45.3 Å². The minimum Gasteiger partial charge on any atom is -0.481 e. The smallest absolute Gasteiger partial charge is 0.407 e. The zero-order valence-corrected chi connectivity index (χ0v) is 10.8. The molecule has 6 nitrogen and oxygen atoms in total. The topological polar surface area (TPSA) is 84.9 Å². The molecule has 0 aliphatic carbocycles. The average molecular weight is 247 g/mol. The molecule has 0 rings (SSSR count). The molecular weight excluding hydrogens is 226 g/mol. The van der Waals surface area contributed by atoms with Crippen molar-refractivity contribution in [2.75, 3.05) is 13.7 Å². The molecular formula is C11H21NO5. The monoisotopic (exact) mass is 247 g/mol. The molecule has 0 bridgehead atoms. The number of hydrogen-bond acceptors (Lipinski definition) is 4. The van der Waals surface area contributed by atoms with E-state index >= 15 is 0 Å². The van der Waals surface area contributed by atoms with Gasteiger partial charge in [-0.3, -0.25) is 4.79 Å². The number of alkyl carbamates (subject to hydrolysis) is 1. The van der Waals surface area contributed by atoms with Gasteiger partial charge in [0.1, 0.15) is 5.60 Å². The first-order chi connectivity index (χ1) is 7.74.